The van der Waals surface area contributed by atoms with Gasteiger partial charge in [0.25, 0.3) is 0 Å². The third-order valence-electron chi connectivity index (χ3n) is 3.45. The molecule has 1 fully saturated rings. The second-order valence-electron chi connectivity index (χ2n) is 4.97. The van der Waals surface area contributed by atoms with Crippen molar-refractivity contribution in [2.75, 3.05) is 26.2 Å². The summed E-state index contributed by atoms with van der Waals surface area (Å²) in [5.74, 6) is 0.133. The van der Waals surface area contributed by atoms with Gasteiger partial charge in [-0.3, -0.25) is 9.69 Å². The minimum atomic E-state index is 0.133. The van der Waals surface area contributed by atoms with Crippen LogP contribution in [0.25, 0.3) is 0 Å². The lowest BCUT2D eigenvalue weighted by molar-refractivity contribution is -0.122. The number of amides is 1. The minimum absolute atomic E-state index is 0.133. The predicted octanol–water partition coefficient (Wildman–Crippen LogP) is 1.44. The molecule has 1 atom stereocenters. The summed E-state index contributed by atoms with van der Waals surface area (Å²) < 4.78 is 0. The van der Waals surface area contributed by atoms with Crippen LogP contribution in [0.3, 0.4) is 0 Å². The summed E-state index contributed by atoms with van der Waals surface area (Å²) in [4.78, 5) is 15.5. The Morgan fingerprint density at radius 2 is 2.53 bits per heavy atom. The average molecular weight is 281 g/mol. The van der Waals surface area contributed by atoms with E-state index in [1.165, 1.54) is 4.88 Å². The molecule has 0 saturated carbocycles. The summed E-state index contributed by atoms with van der Waals surface area (Å²) in [6.45, 7) is 6.42. The maximum Gasteiger partial charge on any atom is 0.234 e. The van der Waals surface area contributed by atoms with E-state index in [0.29, 0.717) is 19.1 Å². The molecule has 0 bridgehead atoms. The van der Waals surface area contributed by atoms with Gasteiger partial charge in [0.05, 0.1) is 13.1 Å². The second-order valence-corrected chi connectivity index (χ2v) is 6.01. The average Bonchev–Trinajstić information content (AvgIpc) is 3.09. The Bertz CT molecular complexity index is 374. The van der Waals surface area contributed by atoms with Gasteiger partial charge < -0.3 is 10.6 Å². The highest BCUT2D eigenvalue weighted by Crippen LogP contribution is 2.10. The van der Waals surface area contributed by atoms with E-state index in [1.54, 1.807) is 11.3 Å². The zero-order valence-electron chi connectivity index (χ0n) is 11.5. The standard InChI is InChI=1S/C14H23N3OS/c1-2-7-17(12-5-6-15-9-12)11-14(18)16-10-13-4-3-8-19-13/h3-4,8,12,15H,2,5-7,9-11H2,1H3,(H,16,18). The molecule has 2 N–H and O–H groups in total. The van der Waals surface area contributed by atoms with Crippen molar-refractivity contribution in [2.24, 2.45) is 0 Å². The monoisotopic (exact) mass is 281 g/mol. The Morgan fingerprint density at radius 1 is 1.63 bits per heavy atom. The van der Waals surface area contributed by atoms with Gasteiger partial charge in [-0.25, -0.2) is 0 Å². The molecule has 0 aliphatic carbocycles. The fraction of sp³-hybridized carbons (Fsp3) is 0.643. The molecule has 2 rings (SSSR count). The van der Waals surface area contributed by atoms with Gasteiger partial charge in [0.1, 0.15) is 0 Å². The van der Waals surface area contributed by atoms with Crippen molar-refractivity contribution in [3.05, 3.63) is 22.4 Å². The summed E-state index contributed by atoms with van der Waals surface area (Å²) in [6, 6.07) is 4.59. The van der Waals surface area contributed by atoms with E-state index in [0.717, 1.165) is 32.5 Å². The molecule has 5 heteroatoms. The topological polar surface area (TPSA) is 44.4 Å². The Morgan fingerprint density at radius 3 is 3.16 bits per heavy atom. The van der Waals surface area contributed by atoms with Crippen LogP contribution in [0, 0.1) is 0 Å². The maximum absolute atomic E-state index is 12.0. The molecule has 1 saturated heterocycles. The van der Waals surface area contributed by atoms with Crippen LogP contribution in [0.5, 0.6) is 0 Å². The maximum atomic E-state index is 12.0. The molecule has 0 radical (unpaired) electrons. The van der Waals surface area contributed by atoms with Crippen LogP contribution in [0.1, 0.15) is 24.6 Å². The normalized spacial score (nSPS) is 18.9. The molecule has 1 aromatic rings. The first kappa shape index (κ1) is 14.5. The first-order chi connectivity index (χ1) is 9.29. The Hall–Kier alpha value is -0.910. The number of hydrogen-bond acceptors (Lipinski definition) is 4. The minimum Gasteiger partial charge on any atom is -0.350 e. The van der Waals surface area contributed by atoms with Crippen LogP contribution in [-0.2, 0) is 11.3 Å². The van der Waals surface area contributed by atoms with E-state index in [4.69, 9.17) is 0 Å². The van der Waals surface area contributed by atoms with Crippen molar-refractivity contribution in [1.29, 1.82) is 0 Å². The summed E-state index contributed by atoms with van der Waals surface area (Å²) >= 11 is 1.68. The first-order valence-corrected chi connectivity index (χ1v) is 7.91. The molecule has 0 spiro atoms. The van der Waals surface area contributed by atoms with E-state index < -0.39 is 0 Å². The molecule has 0 aromatic carbocycles. The quantitative estimate of drug-likeness (QED) is 0.795. The lowest BCUT2D eigenvalue weighted by atomic mass is 10.2. The van der Waals surface area contributed by atoms with Crippen LogP contribution < -0.4 is 10.6 Å². The van der Waals surface area contributed by atoms with Gasteiger partial charge in [-0.15, -0.1) is 11.3 Å². The van der Waals surface area contributed by atoms with Gasteiger partial charge in [-0.1, -0.05) is 13.0 Å². The molecular formula is C14H23N3OS. The summed E-state index contributed by atoms with van der Waals surface area (Å²) in [5, 5.41) is 8.41. The molecule has 1 unspecified atom stereocenters. The first-order valence-electron chi connectivity index (χ1n) is 7.03. The number of hydrogen-bond donors (Lipinski definition) is 2. The van der Waals surface area contributed by atoms with Gasteiger partial charge in [-0.2, -0.15) is 0 Å². The van der Waals surface area contributed by atoms with Crippen molar-refractivity contribution in [3.8, 4) is 0 Å². The van der Waals surface area contributed by atoms with E-state index in [-0.39, 0.29) is 5.91 Å². The Labute approximate surface area is 119 Å². The SMILES string of the molecule is CCCN(CC(=O)NCc1cccs1)C1CCNC1. The fourth-order valence-corrected chi connectivity index (χ4v) is 3.11. The number of carbonyl (C=O) groups is 1. The van der Waals surface area contributed by atoms with Gasteiger partial charge >= 0.3 is 0 Å². The molecule has 1 amide bonds. The van der Waals surface area contributed by atoms with Crippen LogP contribution in [0.4, 0.5) is 0 Å². The highest BCUT2D eigenvalue weighted by molar-refractivity contribution is 7.09. The van der Waals surface area contributed by atoms with Crippen LogP contribution >= 0.6 is 11.3 Å². The van der Waals surface area contributed by atoms with Crippen molar-refractivity contribution < 1.29 is 4.79 Å². The Balaban J connectivity index is 1.77. The fourth-order valence-electron chi connectivity index (χ4n) is 2.47. The van der Waals surface area contributed by atoms with E-state index >= 15 is 0 Å². The van der Waals surface area contributed by atoms with E-state index in [2.05, 4.69) is 28.5 Å². The second kappa shape index (κ2) is 7.62. The summed E-state index contributed by atoms with van der Waals surface area (Å²) in [7, 11) is 0. The third kappa shape index (κ3) is 4.60. The molecular weight excluding hydrogens is 258 g/mol. The summed E-state index contributed by atoms with van der Waals surface area (Å²) in [5.41, 5.74) is 0. The highest BCUT2D eigenvalue weighted by Gasteiger charge is 2.23. The third-order valence-corrected chi connectivity index (χ3v) is 4.32. The van der Waals surface area contributed by atoms with Gasteiger partial charge in [-0.05, 0) is 37.4 Å². The molecule has 19 heavy (non-hydrogen) atoms. The molecule has 106 valence electrons. The molecule has 4 nitrogen and oxygen atoms in total. The zero-order valence-corrected chi connectivity index (χ0v) is 12.3. The van der Waals surface area contributed by atoms with Crippen LogP contribution in [0.2, 0.25) is 0 Å². The van der Waals surface area contributed by atoms with Gasteiger partial charge in [0.15, 0.2) is 0 Å². The van der Waals surface area contributed by atoms with Crippen LogP contribution in [-0.4, -0.2) is 43.0 Å². The lowest BCUT2D eigenvalue weighted by Crippen LogP contribution is -2.44. The molecule has 1 aliphatic heterocycles. The summed E-state index contributed by atoms with van der Waals surface area (Å²) in [6.07, 6.45) is 2.24. The number of nitrogens with zero attached hydrogens (tertiary/aromatic N) is 1. The lowest BCUT2D eigenvalue weighted by Gasteiger charge is -2.27. The van der Waals surface area contributed by atoms with Gasteiger partial charge in [0.2, 0.25) is 5.91 Å². The number of carbonyl (C=O) groups excluding carboxylic acids is 1. The van der Waals surface area contributed by atoms with Crippen molar-refractivity contribution in [1.82, 2.24) is 15.5 Å². The largest absolute Gasteiger partial charge is 0.350 e. The van der Waals surface area contributed by atoms with E-state index in [9.17, 15) is 4.79 Å². The van der Waals surface area contributed by atoms with Crippen molar-refractivity contribution in [2.45, 2.75) is 32.4 Å². The van der Waals surface area contributed by atoms with E-state index in [1.807, 2.05) is 11.4 Å². The molecule has 1 aliphatic rings. The molecule has 1 aromatic heterocycles. The number of nitrogens with one attached hydrogen (secondary N) is 2. The highest BCUT2D eigenvalue weighted by atomic mass is 32.1. The number of rotatable bonds is 7. The Kier molecular flexibility index (Phi) is 5.82. The van der Waals surface area contributed by atoms with Crippen LogP contribution in [0.15, 0.2) is 17.5 Å². The zero-order chi connectivity index (χ0) is 13.5. The van der Waals surface area contributed by atoms with Crippen molar-refractivity contribution >= 4 is 17.2 Å². The smallest absolute Gasteiger partial charge is 0.234 e. The van der Waals surface area contributed by atoms with Crippen molar-refractivity contribution in [3.63, 3.8) is 0 Å². The number of thiophene rings is 1. The molecule has 2 heterocycles. The van der Waals surface area contributed by atoms with Gasteiger partial charge in [0, 0.05) is 17.5 Å². The predicted molar refractivity (Wildman–Crippen MR) is 79.3 cm³/mol.